The predicted octanol–water partition coefficient (Wildman–Crippen LogP) is 2.02. The third-order valence-corrected chi connectivity index (χ3v) is 5.05. The summed E-state index contributed by atoms with van der Waals surface area (Å²) < 4.78 is 0. The SMILES string of the molecule is CC(C)CN(CC(C)C)C1(CN)CCN2CCC1C2. The summed E-state index contributed by atoms with van der Waals surface area (Å²) in [6.07, 6.45) is 2.62. The van der Waals surface area contributed by atoms with Gasteiger partial charge < -0.3 is 10.6 Å². The molecule has 3 nitrogen and oxygen atoms in total. The quantitative estimate of drug-likeness (QED) is 0.799. The van der Waals surface area contributed by atoms with Gasteiger partial charge in [-0.3, -0.25) is 4.90 Å². The smallest absolute Gasteiger partial charge is 0.0384 e. The number of rotatable bonds is 6. The first-order valence-electron chi connectivity index (χ1n) is 8.15. The molecule has 3 heteroatoms. The molecular formula is C16H33N3. The zero-order chi connectivity index (χ0) is 14.0. The fourth-order valence-corrected chi connectivity index (χ4v) is 4.16. The summed E-state index contributed by atoms with van der Waals surface area (Å²) >= 11 is 0. The normalized spacial score (nSPS) is 34.7. The third kappa shape index (κ3) is 3.14. The van der Waals surface area contributed by atoms with Crippen molar-refractivity contribution in [2.24, 2.45) is 23.5 Å². The van der Waals surface area contributed by atoms with E-state index in [0.29, 0.717) is 0 Å². The summed E-state index contributed by atoms with van der Waals surface area (Å²) in [4.78, 5) is 5.39. The molecule has 2 heterocycles. The Hall–Kier alpha value is -0.120. The van der Waals surface area contributed by atoms with Crippen LogP contribution in [0, 0.1) is 17.8 Å². The summed E-state index contributed by atoms with van der Waals surface area (Å²) in [6, 6.07) is 0. The molecule has 3 atom stereocenters. The number of piperidine rings is 1. The van der Waals surface area contributed by atoms with Crippen molar-refractivity contribution >= 4 is 0 Å². The standard InChI is InChI=1S/C16H33N3/c1-13(2)9-19(10-14(3)4)16(12-17)6-8-18-7-5-15(16)11-18/h13-15H,5-12,17H2,1-4H3. The lowest BCUT2D eigenvalue weighted by atomic mass is 9.76. The second-order valence-corrected chi connectivity index (χ2v) is 7.54. The van der Waals surface area contributed by atoms with E-state index in [-0.39, 0.29) is 5.54 Å². The van der Waals surface area contributed by atoms with Gasteiger partial charge in [-0.05, 0) is 43.7 Å². The molecule has 0 amide bonds. The van der Waals surface area contributed by atoms with Crippen LogP contribution >= 0.6 is 0 Å². The van der Waals surface area contributed by atoms with E-state index in [1.165, 1.54) is 45.6 Å². The highest BCUT2D eigenvalue weighted by Gasteiger charge is 2.48. The molecule has 2 aliphatic heterocycles. The number of fused-ring (bicyclic) bond motifs is 2. The molecule has 0 saturated carbocycles. The van der Waals surface area contributed by atoms with E-state index in [1.54, 1.807) is 0 Å². The number of hydrogen-bond acceptors (Lipinski definition) is 3. The zero-order valence-electron chi connectivity index (χ0n) is 13.4. The molecule has 0 spiro atoms. The molecule has 3 unspecified atom stereocenters. The van der Waals surface area contributed by atoms with Gasteiger partial charge in [0.2, 0.25) is 0 Å². The van der Waals surface area contributed by atoms with Gasteiger partial charge in [-0.25, -0.2) is 0 Å². The van der Waals surface area contributed by atoms with Crippen LogP contribution in [0.15, 0.2) is 0 Å². The first-order valence-corrected chi connectivity index (χ1v) is 8.15. The van der Waals surface area contributed by atoms with Gasteiger partial charge in [0.05, 0.1) is 0 Å². The van der Waals surface area contributed by atoms with Crippen LogP contribution in [-0.2, 0) is 0 Å². The van der Waals surface area contributed by atoms with Gasteiger partial charge in [-0.1, -0.05) is 27.7 Å². The Morgan fingerprint density at radius 3 is 2.32 bits per heavy atom. The maximum atomic E-state index is 6.31. The van der Waals surface area contributed by atoms with Crippen molar-refractivity contribution in [2.75, 3.05) is 39.3 Å². The second-order valence-electron chi connectivity index (χ2n) is 7.54. The zero-order valence-corrected chi connectivity index (χ0v) is 13.4. The van der Waals surface area contributed by atoms with Crippen LogP contribution in [-0.4, -0.2) is 54.6 Å². The van der Waals surface area contributed by atoms with E-state index in [2.05, 4.69) is 37.5 Å². The van der Waals surface area contributed by atoms with E-state index in [4.69, 9.17) is 5.73 Å². The van der Waals surface area contributed by atoms with Crippen LogP contribution in [0.2, 0.25) is 0 Å². The molecule has 0 aromatic carbocycles. The van der Waals surface area contributed by atoms with Crippen molar-refractivity contribution in [3.8, 4) is 0 Å². The lowest BCUT2D eigenvalue weighted by Gasteiger charge is -2.51. The Bertz CT molecular complexity index is 280. The molecule has 0 aromatic heterocycles. The fraction of sp³-hybridized carbons (Fsp3) is 1.00. The summed E-state index contributed by atoms with van der Waals surface area (Å²) in [5, 5.41) is 0. The highest BCUT2D eigenvalue weighted by Crippen LogP contribution is 2.40. The molecule has 0 aromatic rings. The molecule has 112 valence electrons. The van der Waals surface area contributed by atoms with Gasteiger partial charge in [0, 0.05) is 31.7 Å². The average molecular weight is 267 g/mol. The summed E-state index contributed by atoms with van der Waals surface area (Å²) in [5.41, 5.74) is 6.59. The molecule has 2 rings (SSSR count). The monoisotopic (exact) mass is 267 g/mol. The molecule has 0 aliphatic carbocycles. The van der Waals surface area contributed by atoms with Crippen LogP contribution in [0.25, 0.3) is 0 Å². The second kappa shape index (κ2) is 6.11. The van der Waals surface area contributed by atoms with Crippen LogP contribution in [0.4, 0.5) is 0 Å². The van der Waals surface area contributed by atoms with E-state index in [1.807, 2.05) is 0 Å². The molecule has 2 fully saturated rings. The van der Waals surface area contributed by atoms with E-state index < -0.39 is 0 Å². The van der Waals surface area contributed by atoms with E-state index in [0.717, 1.165) is 24.3 Å². The molecular weight excluding hydrogens is 234 g/mol. The lowest BCUT2D eigenvalue weighted by molar-refractivity contribution is -0.00700. The minimum Gasteiger partial charge on any atom is -0.329 e. The van der Waals surface area contributed by atoms with Gasteiger partial charge in [0.25, 0.3) is 0 Å². The summed E-state index contributed by atoms with van der Waals surface area (Å²) in [5.74, 6) is 2.24. The van der Waals surface area contributed by atoms with E-state index in [9.17, 15) is 0 Å². The van der Waals surface area contributed by atoms with Crippen LogP contribution < -0.4 is 5.73 Å². The topological polar surface area (TPSA) is 32.5 Å². The highest BCUT2D eigenvalue weighted by atomic mass is 15.3. The van der Waals surface area contributed by atoms with Gasteiger partial charge in [-0.2, -0.15) is 0 Å². The molecule has 19 heavy (non-hydrogen) atoms. The predicted molar refractivity (Wildman–Crippen MR) is 82.2 cm³/mol. The van der Waals surface area contributed by atoms with Crippen molar-refractivity contribution in [3.63, 3.8) is 0 Å². The number of nitrogens with two attached hydrogens (primary N) is 1. The van der Waals surface area contributed by atoms with Crippen LogP contribution in [0.3, 0.4) is 0 Å². The molecule has 2 bridgehead atoms. The van der Waals surface area contributed by atoms with Gasteiger partial charge in [0.1, 0.15) is 0 Å². The molecule has 2 saturated heterocycles. The summed E-state index contributed by atoms with van der Waals surface area (Å²) in [7, 11) is 0. The van der Waals surface area contributed by atoms with Crippen LogP contribution in [0.1, 0.15) is 40.5 Å². The largest absolute Gasteiger partial charge is 0.329 e. The molecule has 2 aliphatic rings. The minimum atomic E-state index is 0.279. The van der Waals surface area contributed by atoms with Gasteiger partial charge >= 0.3 is 0 Å². The third-order valence-electron chi connectivity index (χ3n) is 5.05. The fourth-order valence-electron chi connectivity index (χ4n) is 4.16. The van der Waals surface area contributed by atoms with E-state index >= 15 is 0 Å². The Balaban J connectivity index is 2.19. The Labute approximate surface area is 119 Å². The van der Waals surface area contributed by atoms with Crippen molar-refractivity contribution in [3.05, 3.63) is 0 Å². The van der Waals surface area contributed by atoms with Crippen molar-refractivity contribution in [2.45, 2.75) is 46.1 Å². The Morgan fingerprint density at radius 2 is 1.79 bits per heavy atom. The summed E-state index contributed by atoms with van der Waals surface area (Å²) in [6.45, 7) is 16.4. The Morgan fingerprint density at radius 1 is 1.16 bits per heavy atom. The number of hydrogen-bond donors (Lipinski definition) is 1. The van der Waals surface area contributed by atoms with Crippen molar-refractivity contribution in [1.29, 1.82) is 0 Å². The first kappa shape index (κ1) is 15.3. The Kier molecular flexibility index (Phi) is 4.91. The minimum absolute atomic E-state index is 0.279. The van der Waals surface area contributed by atoms with Crippen molar-refractivity contribution in [1.82, 2.24) is 9.80 Å². The van der Waals surface area contributed by atoms with Gasteiger partial charge in [-0.15, -0.1) is 0 Å². The maximum absolute atomic E-state index is 6.31. The number of nitrogens with zero attached hydrogens (tertiary/aromatic N) is 2. The molecule has 0 radical (unpaired) electrons. The maximum Gasteiger partial charge on any atom is 0.0384 e. The average Bonchev–Trinajstić information content (AvgIpc) is 2.72. The van der Waals surface area contributed by atoms with Crippen molar-refractivity contribution < 1.29 is 0 Å². The van der Waals surface area contributed by atoms with Gasteiger partial charge in [0.15, 0.2) is 0 Å². The lowest BCUT2D eigenvalue weighted by Crippen LogP contribution is -2.63. The van der Waals surface area contributed by atoms with Crippen LogP contribution in [0.5, 0.6) is 0 Å². The highest BCUT2D eigenvalue weighted by molar-refractivity contribution is 5.05. The first-order chi connectivity index (χ1) is 8.98. The molecule has 2 N–H and O–H groups in total.